The maximum absolute atomic E-state index is 13.3. The van der Waals surface area contributed by atoms with Gasteiger partial charge in [0.05, 0.1) is 6.61 Å². The Bertz CT molecular complexity index is 416. The minimum atomic E-state index is -0.403. The van der Waals surface area contributed by atoms with E-state index in [0.717, 1.165) is 5.56 Å². The van der Waals surface area contributed by atoms with Crippen LogP contribution in [0.1, 0.15) is 22.3 Å². The molecular formula is C14H21FN2O2. The number of amides is 1. The van der Waals surface area contributed by atoms with Crippen LogP contribution >= 0.6 is 0 Å². The van der Waals surface area contributed by atoms with Crippen molar-refractivity contribution in [3.05, 3.63) is 35.1 Å². The third kappa shape index (κ3) is 4.61. The molecule has 0 heterocycles. The first kappa shape index (κ1) is 15.6. The Balaban J connectivity index is 2.87. The highest BCUT2D eigenvalue weighted by molar-refractivity contribution is 5.95. The number of hydrogen-bond donors (Lipinski definition) is 1. The van der Waals surface area contributed by atoms with Crippen LogP contribution in [0.3, 0.4) is 0 Å². The fraction of sp³-hybridized carbons (Fsp3) is 0.500. The summed E-state index contributed by atoms with van der Waals surface area (Å²) in [4.78, 5) is 14.0. The molecule has 2 N–H and O–H groups in total. The summed E-state index contributed by atoms with van der Waals surface area (Å²) in [5.41, 5.74) is 6.63. The van der Waals surface area contributed by atoms with E-state index in [1.807, 2.05) is 0 Å². The molecule has 0 atom stereocenters. The molecule has 0 bridgehead atoms. The van der Waals surface area contributed by atoms with Gasteiger partial charge in [0.1, 0.15) is 5.82 Å². The maximum atomic E-state index is 13.3. The van der Waals surface area contributed by atoms with Crippen LogP contribution in [0.4, 0.5) is 4.39 Å². The first-order valence-corrected chi connectivity index (χ1v) is 6.34. The lowest BCUT2D eigenvalue weighted by atomic mass is 10.1. The zero-order valence-electron chi connectivity index (χ0n) is 11.5. The molecule has 1 aromatic carbocycles. The number of carbonyl (C=O) groups excluding carboxylic acids is 1. The first-order valence-electron chi connectivity index (χ1n) is 6.34. The van der Waals surface area contributed by atoms with Gasteiger partial charge in [-0.1, -0.05) is 6.07 Å². The highest BCUT2D eigenvalue weighted by Gasteiger charge is 2.17. The van der Waals surface area contributed by atoms with Crippen molar-refractivity contribution >= 4 is 5.91 Å². The summed E-state index contributed by atoms with van der Waals surface area (Å²) in [6.45, 7) is 3.79. The Labute approximate surface area is 113 Å². The average molecular weight is 268 g/mol. The van der Waals surface area contributed by atoms with Gasteiger partial charge < -0.3 is 15.4 Å². The summed E-state index contributed by atoms with van der Waals surface area (Å²) in [5.74, 6) is -0.582. The van der Waals surface area contributed by atoms with Gasteiger partial charge in [-0.25, -0.2) is 4.39 Å². The van der Waals surface area contributed by atoms with E-state index in [-0.39, 0.29) is 5.91 Å². The van der Waals surface area contributed by atoms with Crippen molar-refractivity contribution in [1.82, 2.24) is 4.90 Å². The Morgan fingerprint density at radius 2 is 2.16 bits per heavy atom. The summed E-state index contributed by atoms with van der Waals surface area (Å²) < 4.78 is 18.3. The van der Waals surface area contributed by atoms with Gasteiger partial charge in [-0.2, -0.15) is 0 Å². The largest absolute Gasteiger partial charge is 0.383 e. The number of aryl methyl sites for hydroxylation is 1. The third-order valence-corrected chi connectivity index (χ3v) is 2.91. The van der Waals surface area contributed by atoms with Gasteiger partial charge in [0.15, 0.2) is 0 Å². The average Bonchev–Trinajstić information content (AvgIpc) is 2.41. The van der Waals surface area contributed by atoms with Gasteiger partial charge in [-0.05, 0) is 37.6 Å². The highest BCUT2D eigenvalue weighted by atomic mass is 19.1. The number of nitrogens with zero attached hydrogens (tertiary/aromatic N) is 1. The van der Waals surface area contributed by atoms with E-state index >= 15 is 0 Å². The summed E-state index contributed by atoms with van der Waals surface area (Å²) in [6.07, 6.45) is 0.712. The van der Waals surface area contributed by atoms with E-state index < -0.39 is 5.82 Å². The second-order valence-electron chi connectivity index (χ2n) is 4.39. The van der Waals surface area contributed by atoms with E-state index in [2.05, 4.69) is 0 Å². The molecule has 0 spiro atoms. The Morgan fingerprint density at radius 1 is 1.42 bits per heavy atom. The number of carbonyl (C=O) groups is 1. The molecule has 0 saturated heterocycles. The highest BCUT2D eigenvalue weighted by Crippen LogP contribution is 2.13. The second kappa shape index (κ2) is 7.86. The van der Waals surface area contributed by atoms with Crippen LogP contribution in [-0.2, 0) is 4.74 Å². The van der Waals surface area contributed by atoms with Gasteiger partial charge in [0.2, 0.25) is 0 Å². The number of ether oxygens (including phenoxy) is 1. The SMILES string of the molecule is COCCN(CCCN)C(=O)c1cc(F)ccc1C. The smallest absolute Gasteiger partial charge is 0.254 e. The van der Waals surface area contributed by atoms with E-state index in [4.69, 9.17) is 10.5 Å². The molecule has 1 aromatic rings. The van der Waals surface area contributed by atoms with Crippen LogP contribution in [0.25, 0.3) is 0 Å². The fourth-order valence-corrected chi connectivity index (χ4v) is 1.79. The zero-order valence-corrected chi connectivity index (χ0v) is 11.5. The predicted octanol–water partition coefficient (Wildman–Crippen LogP) is 1.57. The number of methoxy groups -OCH3 is 1. The van der Waals surface area contributed by atoms with Crippen LogP contribution in [0.2, 0.25) is 0 Å². The molecule has 0 fully saturated rings. The summed E-state index contributed by atoms with van der Waals surface area (Å²) in [5, 5.41) is 0. The van der Waals surface area contributed by atoms with Crippen LogP contribution in [0.15, 0.2) is 18.2 Å². The number of halogens is 1. The maximum Gasteiger partial charge on any atom is 0.254 e. The molecule has 0 aliphatic rings. The van der Waals surface area contributed by atoms with E-state index in [9.17, 15) is 9.18 Å². The van der Waals surface area contributed by atoms with Crippen molar-refractivity contribution in [2.45, 2.75) is 13.3 Å². The normalized spacial score (nSPS) is 10.5. The van der Waals surface area contributed by atoms with Crippen molar-refractivity contribution in [1.29, 1.82) is 0 Å². The van der Waals surface area contributed by atoms with E-state index in [0.29, 0.717) is 38.2 Å². The summed E-state index contributed by atoms with van der Waals surface area (Å²) in [6, 6.07) is 4.24. The monoisotopic (exact) mass is 268 g/mol. The van der Waals surface area contributed by atoms with Crippen molar-refractivity contribution in [3.8, 4) is 0 Å². The molecule has 0 saturated carbocycles. The van der Waals surface area contributed by atoms with Gasteiger partial charge in [0.25, 0.3) is 5.91 Å². The molecule has 0 radical (unpaired) electrons. The van der Waals surface area contributed by atoms with Crippen molar-refractivity contribution in [3.63, 3.8) is 0 Å². The molecule has 106 valence electrons. The van der Waals surface area contributed by atoms with Crippen LogP contribution in [0.5, 0.6) is 0 Å². The molecule has 0 aliphatic carbocycles. The first-order chi connectivity index (χ1) is 9.10. The molecule has 19 heavy (non-hydrogen) atoms. The zero-order chi connectivity index (χ0) is 14.3. The number of hydrogen-bond acceptors (Lipinski definition) is 3. The quantitative estimate of drug-likeness (QED) is 0.816. The summed E-state index contributed by atoms with van der Waals surface area (Å²) in [7, 11) is 1.58. The van der Waals surface area contributed by atoms with Crippen LogP contribution in [0, 0.1) is 12.7 Å². The molecule has 0 aromatic heterocycles. The third-order valence-electron chi connectivity index (χ3n) is 2.91. The fourth-order valence-electron chi connectivity index (χ4n) is 1.79. The topological polar surface area (TPSA) is 55.6 Å². The molecule has 0 aliphatic heterocycles. The molecule has 1 rings (SSSR count). The Kier molecular flexibility index (Phi) is 6.45. The van der Waals surface area contributed by atoms with E-state index in [1.54, 1.807) is 25.0 Å². The molecule has 5 heteroatoms. The van der Waals surface area contributed by atoms with E-state index in [1.165, 1.54) is 12.1 Å². The molecule has 1 amide bonds. The minimum Gasteiger partial charge on any atom is -0.383 e. The van der Waals surface area contributed by atoms with Gasteiger partial charge in [-0.3, -0.25) is 4.79 Å². The Morgan fingerprint density at radius 3 is 2.79 bits per heavy atom. The predicted molar refractivity (Wildman–Crippen MR) is 72.6 cm³/mol. The minimum absolute atomic E-state index is 0.178. The van der Waals surface area contributed by atoms with Crippen molar-refractivity contribution in [2.24, 2.45) is 5.73 Å². The standard InChI is InChI=1S/C14H21FN2O2/c1-11-4-5-12(15)10-13(11)14(18)17(7-3-6-16)8-9-19-2/h4-5,10H,3,6-9,16H2,1-2H3. The summed E-state index contributed by atoms with van der Waals surface area (Å²) >= 11 is 0. The molecule has 0 unspecified atom stereocenters. The number of nitrogens with two attached hydrogens (primary N) is 1. The van der Waals surface area contributed by atoms with Gasteiger partial charge >= 0.3 is 0 Å². The van der Waals surface area contributed by atoms with Crippen molar-refractivity contribution < 1.29 is 13.9 Å². The Hall–Kier alpha value is -1.46. The lowest BCUT2D eigenvalue weighted by Crippen LogP contribution is -2.36. The van der Waals surface area contributed by atoms with Crippen LogP contribution < -0.4 is 5.73 Å². The lowest BCUT2D eigenvalue weighted by Gasteiger charge is -2.23. The van der Waals surface area contributed by atoms with Gasteiger partial charge in [-0.15, -0.1) is 0 Å². The second-order valence-corrected chi connectivity index (χ2v) is 4.39. The molecule has 4 nitrogen and oxygen atoms in total. The number of rotatable bonds is 7. The lowest BCUT2D eigenvalue weighted by molar-refractivity contribution is 0.0693. The molecular weight excluding hydrogens is 247 g/mol. The van der Waals surface area contributed by atoms with Gasteiger partial charge in [0, 0.05) is 25.8 Å². The van der Waals surface area contributed by atoms with Crippen LogP contribution in [-0.4, -0.2) is 44.2 Å². The number of benzene rings is 1. The van der Waals surface area contributed by atoms with Crippen molar-refractivity contribution in [2.75, 3.05) is 33.4 Å².